The molecule has 0 radical (unpaired) electrons. The summed E-state index contributed by atoms with van der Waals surface area (Å²) in [5.74, 6) is -0.0564. The highest BCUT2D eigenvalue weighted by Gasteiger charge is 2.48. The maximum atomic E-state index is 13.4. The minimum absolute atomic E-state index is 0.0380. The zero-order chi connectivity index (χ0) is 21.0. The fourth-order valence-electron chi connectivity index (χ4n) is 4.78. The van der Waals surface area contributed by atoms with Crippen LogP contribution in [0, 0.1) is 13.8 Å². The molecule has 1 saturated carbocycles. The molecule has 30 heavy (non-hydrogen) atoms. The van der Waals surface area contributed by atoms with Crippen LogP contribution in [0.25, 0.3) is 5.69 Å². The van der Waals surface area contributed by atoms with Crippen LogP contribution in [0.1, 0.15) is 47.1 Å². The molecule has 154 valence electrons. The van der Waals surface area contributed by atoms with E-state index in [1.165, 1.54) is 11.1 Å². The lowest BCUT2D eigenvalue weighted by atomic mass is 9.90. The van der Waals surface area contributed by atoms with E-state index in [0.29, 0.717) is 24.5 Å². The maximum absolute atomic E-state index is 13.4. The van der Waals surface area contributed by atoms with E-state index in [9.17, 15) is 9.59 Å². The second-order valence-electron chi connectivity index (χ2n) is 8.82. The number of fused-ring (bicyclic) bond motifs is 1. The molecule has 0 bridgehead atoms. The zero-order valence-corrected chi connectivity index (χ0v) is 17.6. The lowest BCUT2D eigenvalue weighted by Crippen LogP contribution is -2.52. The molecule has 1 fully saturated rings. The highest BCUT2D eigenvalue weighted by Crippen LogP contribution is 2.50. The Morgan fingerprint density at radius 2 is 1.87 bits per heavy atom. The lowest BCUT2D eigenvalue weighted by Gasteiger charge is -2.38. The van der Waals surface area contributed by atoms with E-state index in [4.69, 9.17) is 0 Å². The number of benzene rings is 1. The summed E-state index contributed by atoms with van der Waals surface area (Å²) in [5, 5.41) is 0. The van der Waals surface area contributed by atoms with Crippen LogP contribution < -0.4 is 5.56 Å². The third-order valence-electron chi connectivity index (χ3n) is 6.65. The van der Waals surface area contributed by atoms with E-state index in [0.717, 1.165) is 18.5 Å². The van der Waals surface area contributed by atoms with Crippen LogP contribution >= 0.6 is 0 Å². The molecule has 0 saturated heterocycles. The van der Waals surface area contributed by atoms with E-state index < -0.39 is 0 Å². The first-order chi connectivity index (χ1) is 14.4. The van der Waals surface area contributed by atoms with Crippen molar-refractivity contribution in [2.24, 2.45) is 0 Å². The van der Waals surface area contributed by atoms with Gasteiger partial charge in [0.15, 0.2) is 0 Å². The number of aryl methyl sites for hydroxylation is 2. The first-order valence-corrected chi connectivity index (χ1v) is 10.5. The Labute approximate surface area is 175 Å². The molecule has 0 unspecified atom stereocenters. The number of amides is 1. The normalized spacial score (nSPS) is 19.6. The largest absolute Gasteiger partial charge is 0.332 e. The van der Waals surface area contributed by atoms with Crippen molar-refractivity contribution < 1.29 is 4.79 Å². The summed E-state index contributed by atoms with van der Waals surface area (Å²) in [5.41, 5.74) is 4.36. The van der Waals surface area contributed by atoms with E-state index >= 15 is 0 Å². The third kappa shape index (κ3) is 2.90. The van der Waals surface area contributed by atoms with Crippen molar-refractivity contribution in [2.45, 2.75) is 51.6 Å². The molecule has 6 heteroatoms. The van der Waals surface area contributed by atoms with Crippen LogP contribution in [-0.4, -0.2) is 37.5 Å². The second kappa shape index (κ2) is 6.69. The zero-order valence-electron chi connectivity index (χ0n) is 17.6. The highest BCUT2D eigenvalue weighted by atomic mass is 16.2. The summed E-state index contributed by atoms with van der Waals surface area (Å²) in [7, 11) is 0. The number of hydrogen-bond acceptors (Lipinski definition) is 3. The third-order valence-corrected chi connectivity index (χ3v) is 6.65. The van der Waals surface area contributed by atoms with Gasteiger partial charge in [-0.3, -0.25) is 9.59 Å². The van der Waals surface area contributed by atoms with Crippen LogP contribution in [0.15, 0.2) is 53.7 Å². The predicted octanol–water partition coefficient (Wildman–Crippen LogP) is 3.23. The molecule has 0 spiro atoms. The topological polar surface area (TPSA) is 60.1 Å². The summed E-state index contributed by atoms with van der Waals surface area (Å²) < 4.78 is 3.35. The van der Waals surface area contributed by atoms with Crippen LogP contribution in [0.3, 0.4) is 0 Å². The molecule has 1 aliphatic heterocycles. The van der Waals surface area contributed by atoms with Gasteiger partial charge in [0.1, 0.15) is 11.4 Å². The number of nitrogens with zero attached hydrogens (tertiary/aromatic N) is 4. The monoisotopic (exact) mass is 402 g/mol. The molecule has 2 aromatic heterocycles. The van der Waals surface area contributed by atoms with Crippen molar-refractivity contribution in [1.82, 2.24) is 19.0 Å². The molecule has 3 heterocycles. The number of carbonyl (C=O) groups is 1. The van der Waals surface area contributed by atoms with Crippen molar-refractivity contribution in [3.63, 3.8) is 0 Å². The molecule has 5 rings (SSSR count). The van der Waals surface area contributed by atoms with Crippen LogP contribution in [-0.2, 0) is 12.0 Å². The minimum Gasteiger partial charge on any atom is -0.332 e. The average Bonchev–Trinajstić information content (AvgIpc) is 3.38. The Morgan fingerprint density at radius 3 is 2.53 bits per heavy atom. The fraction of sp³-hybridized carbons (Fsp3) is 0.375. The first kappa shape index (κ1) is 18.9. The molecule has 1 aliphatic carbocycles. The van der Waals surface area contributed by atoms with Gasteiger partial charge in [0.25, 0.3) is 11.5 Å². The molecule has 1 aromatic carbocycles. The van der Waals surface area contributed by atoms with Crippen molar-refractivity contribution in [3.8, 4) is 5.69 Å². The predicted molar refractivity (Wildman–Crippen MR) is 115 cm³/mol. The van der Waals surface area contributed by atoms with Gasteiger partial charge < -0.3 is 14.0 Å². The summed E-state index contributed by atoms with van der Waals surface area (Å²) >= 11 is 0. The molecule has 1 atom stereocenters. The van der Waals surface area contributed by atoms with E-state index in [1.54, 1.807) is 27.6 Å². The van der Waals surface area contributed by atoms with E-state index in [2.05, 4.69) is 36.2 Å². The molecule has 2 aliphatic rings. The number of rotatable bonds is 4. The van der Waals surface area contributed by atoms with Gasteiger partial charge >= 0.3 is 0 Å². The Kier molecular flexibility index (Phi) is 4.20. The van der Waals surface area contributed by atoms with Crippen LogP contribution in [0.4, 0.5) is 0 Å². The number of pyridine rings is 1. The van der Waals surface area contributed by atoms with E-state index in [1.807, 2.05) is 24.9 Å². The second-order valence-corrected chi connectivity index (χ2v) is 8.82. The molecule has 1 amide bonds. The van der Waals surface area contributed by atoms with Crippen molar-refractivity contribution in [3.05, 3.63) is 81.8 Å². The quantitative estimate of drug-likeness (QED) is 0.673. The first-order valence-electron chi connectivity index (χ1n) is 10.5. The van der Waals surface area contributed by atoms with Crippen molar-refractivity contribution >= 4 is 5.91 Å². The molecular formula is C24H26N4O2. The van der Waals surface area contributed by atoms with Crippen molar-refractivity contribution in [2.75, 3.05) is 6.54 Å². The van der Waals surface area contributed by atoms with Gasteiger partial charge in [0.05, 0.1) is 12.0 Å². The smallest absolute Gasteiger partial charge is 0.275 e. The van der Waals surface area contributed by atoms with E-state index in [-0.39, 0.29) is 22.9 Å². The average molecular weight is 402 g/mol. The van der Waals surface area contributed by atoms with Crippen LogP contribution in [0.2, 0.25) is 0 Å². The Balaban J connectivity index is 1.48. The lowest BCUT2D eigenvalue weighted by molar-refractivity contribution is 0.0584. The summed E-state index contributed by atoms with van der Waals surface area (Å²) in [6.07, 6.45) is 5.65. The minimum atomic E-state index is -0.148. The maximum Gasteiger partial charge on any atom is 0.275 e. The standard InChI is InChI=1S/C24H26N4O2/c1-16-6-4-5-7-19(16)24(10-11-24)14-28-18(3)13-27-21(23(28)30)9-8-20(22(27)29)26-12-17(2)25-15-26/h4-9,12,15,18H,10-11,13-14H2,1-3H3/t18-/m1/s1. The fourth-order valence-corrected chi connectivity index (χ4v) is 4.78. The molecule has 6 nitrogen and oxygen atoms in total. The number of hydrogen-bond donors (Lipinski definition) is 0. The van der Waals surface area contributed by atoms with Gasteiger partial charge in [-0.2, -0.15) is 0 Å². The molecule has 3 aromatic rings. The van der Waals surface area contributed by atoms with Gasteiger partial charge in [0, 0.05) is 30.7 Å². The highest BCUT2D eigenvalue weighted by molar-refractivity contribution is 5.93. The summed E-state index contributed by atoms with van der Waals surface area (Å²) in [6.45, 7) is 7.28. The van der Waals surface area contributed by atoms with Gasteiger partial charge in [-0.25, -0.2) is 4.98 Å². The SMILES string of the molecule is Cc1cn(-c2ccc3n(c2=O)C[C@@H](C)N(CC2(c4ccccc4C)CC2)C3=O)cn1. The van der Waals surface area contributed by atoms with Gasteiger partial charge in [-0.1, -0.05) is 24.3 Å². The van der Waals surface area contributed by atoms with Gasteiger partial charge in [0.2, 0.25) is 0 Å². The number of imidazole rings is 1. The van der Waals surface area contributed by atoms with Crippen LogP contribution in [0.5, 0.6) is 0 Å². The van der Waals surface area contributed by atoms with Crippen molar-refractivity contribution in [1.29, 1.82) is 0 Å². The summed E-state index contributed by atoms with van der Waals surface area (Å²) in [4.78, 5) is 32.7. The number of carbonyl (C=O) groups excluding carboxylic acids is 1. The Hall–Kier alpha value is -3.15. The van der Waals surface area contributed by atoms with Gasteiger partial charge in [-0.15, -0.1) is 0 Å². The van der Waals surface area contributed by atoms with Gasteiger partial charge in [-0.05, 0) is 56.9 Å². The Bertz CT molecular complexity index is 1200. The molecule has 0 N–H and O–H groups in total. The molecular weight excluding hydrogens is 376 g/mol. The number of aromatic nitrogens is 3. The Morgan fingerprint density at radius 1 is 1.10 bits per heavy atom. The summed E-state index contributed by atoms with van der Waals surface area (Å²) in [6, 6.07) is 12.0.